The van der Waals surface area contributed by atoms with Gasteiger partial charge in [-0.3, -0.25) is 4.79 Å². The molecule has 0 spiro atoms. The van der Waals surface area contributed by atoms with E-state index in [0.717, 1.165) is 5.56 Å². The molecule has 0 unspecified atom stereocenters. The standard InChI is InChI=1S/C20H21NO3.ClH/c1-12-17(22)14-10-11-15(23-4)16(20(2,3)21)19(14)24-18(12)13-8-6-5-7-9-13;/h5-11H,21H2,1-4H3;1H. The largest absolute Gasteiger partial charge is 0.496 e. The number of rotatable bonds is 3. The minimum absolute atomic E-state index is 0. The summed E-state index contributed by atoms with van der Waals surface area (Å²) in [5.74, 6) is 1.17. The van der Waals surface area contributed by atoms with E-state index in [9.17, 15) is 4.79 Å². The van der Waals surface area contributed by atoms with Gasteiger partial charge in [0, 0.05) is 16.7 Å². The maximum Gasteiger partial charge on any atom is 0.196 e. The summed E-state index contributed by atoms with van der Waals surface area (Å²) in [6, 6.07) is 13.1. The van der Waals surface area contributed by atoms with Gasteiger partial charge in [0.05, 0.1) is 18.1 Å². The summed E-state index contributed by atoms with van der Waals surface area (Å²) < 4.78 is 11.7. The van der Waals surface area contributed by atoms with E-state index < -0.39 is 5.54 Å². The van der Waals surface area contributed by atoms with Crippen molar-refractivity contribution in [2.45, 2.75) is 26.3 Å². The van der Waals surface area contributed by atoms with Gasteiger partial charge in [-0.25, -0.2) is 0 Å². The topological polar surface area (TPSA) is 65.5 Å². The second kappa shape index (κ2) is 6.90. The first-order valence-electron chi connectivity index (χ1n) is 7.83. The van der Waals surface area contributed by atoms with Gasteiger partial charge in [0.25, 0.3) is 0 Å². The van der Waals surface area contributed by atoms with E-state index in [4.69, 9.17) is 14.9 Å². The summed E-state index contributed by atoms with van der Waals surface area (Å²) in [5, 5.41) is 0.515. The molecule has 0 saturated carbocycles. The average Bonchev–Trinajstić information content (AvgIpc) is 2.56. The lowest BCUT2D eigenvalue weighted by atomic mass is 9.92. The SMILES string of the molecule is COc1ccc2c(=O)c(C)c(-c3ccccc3)oc2c1C(C)(C)N.Cl. The summed E-state index contributed by atoms with van der Waals surface area (Å²) in [4.78, 5) is 12.9. The second-order valence-electron chi connectivity index (χ2n) is 6.49. The molecule has 1 heterocycles. The number of fused-ring (bicyclic) bond motifs is 1. The van der Waals surface area contributed by atoms with Crippen molar-refractivity contribution >= 4 is 23.4 Å². The van der Waals surface area contributed by atoms with Gasteiger partial charge in [0.1, 0.15) is 17.1 Å². The van der Waals surface area contributed by atoms with Crippen LogP contribution in [-0.4, -0.2) is 7.11 Å². The lowest BCUT2D eigenvalue weighted by Crippen LogP contribution is -2.30. The Kier molecular flexibility index (Phi) is 5.26. The quantitative estimate of drug-likeness (QED) is 0.753. The summed E-state index contributed by atoms with van der Waals surface area (Å²) in [7, 11) is 1.58. The van der Waals surface area contributed by atoms with Gasteiger partial charge in [-0.05, 0) is 32.9 Å². The van der Waals surface area contributed by atoms with Crippen molar-refractivity contribution in [3.8, 4) is 17.1 Å². The molecule has 0 aliphatic carbocycles. The lowest BCUT2D eigenvalue weighted by Gasteiger charge is -2.23. The number of benzene rings is 2. The van der Waals surface area contributed by atoms with Crippen molar-refractivity contribution in [1.29, 1.82) is 0 Å². The minimum Gasteiger partial charge on any atom is -0.496 e. The molecule has 0 aliphatic rings. The van der Waals surface area contributed by atoms with Crippen LogP contribution in [0.25, 0.3) is 22.3 Å². The first kappa shape index (κ1) is 19.0. The molecule has 0 radical (unpaired) electrons. The normalized spacial score (nSPS) is 11.2. The Morgan fingerprint density at radius 3 is 2.28 bits per heavy atom. The highest BCUT2D eigenvalue weighted by Crippen LogP contribution is 2.36. The van der Waals surface area contributed by atoms with Gasteiger partial charge in [-0.2, -0.15) is 0 Å². The van der Waals surface area contributed by atoms with Crippen LogP contribution in [0.3, 0.4) is 0 Å². The van der Waals surface area contributed by atoms with Gasteiger partial charge < -0.3 is 14.9 Å². The van der Waals surface area contributed by atoms with E-state index in [1.807, 2.05) is 44.2 Å². The van der Waals surface area contributed by atoms with Crippen LogP contribution in [-0.2, 0) is 5.54 Å². The van der Waals surface area contributed by atoms with Crippen molar-refractivity contribution in [3.05, 3.63) is 63.8 Å². The van der Waals surface area contributed by atoms with Crippen LogP contribution in [0.4, 0.5) is 0 Å². The monoisotopic (exact) mass is 359 g/mol. The highest BCUT2D eigenvalue weighted by Gasteiger charge is 2.26. The fourth-order valence-corrected chi connectivity index (χ4v) is 2.98. The minimum atomic E-state index is -0.718. The first-order valence-corrected chi connectivity index (χ1v) is 7.83. The van der Waals surface area contributed by atoms with Crippen molar-refractivity contribution in [2.75, 3.05) is 7.11 Å². The smallest absolute Gasteiger partial charge is 0.196 e. The predicted molar refractivity (Wildman–Crippen MR) is 104 cm³/mol. The molecule has 25 heavy (non-hydrogen) atoms. The number of hydrogen-bond donors (Lipinski definition) is 1. The van der Waals surface area contributed by atoms with E-state index in [0.29, 0.717) is 33.6 Å². The van der Waals surface area contributed by atoms with Gasteiger partial charge >= 0.3 is 0 Å². The van der Waals surface area contributed by atoms with Gasteiger partial charge in [0.2, 0.25) is 0 Å². The van der Waals surface area contributed by atoms with Crippen molar-refractivity contribution in [2.24, 2.45) is 5.73 Å². The third kappa shape index (κ3) is 3.28. The van der Waals surface area contributed by atoms with Crippen LogP contribution in [0.2, 0.25) is 0 Å². The zero-order chi connectivity index (χ0) is 17.5. The number of nitrogens with two attached hydrogens (primary N) is 1. The summed E-state index contributed by atoms with van der Waals surface area (Å²) >= 11 is 0. The van der Waals surface area contributed by atoms with Crippen LogP contribution in [0.1, 0.15) is 25.0 Å². The molecule has 0 aliphatic heterocycles. The zero-order valence-electron chi connectivity index (χ0n) is 14.8. The van der Waals surface area contributed by atoms with E-state index in [1.165, 1.54) is 0 Å². The Hall–Kier alpha value is -2.30. The highest BCUT2D eigenvalue weighted by molar-refractivity contribution is 5.86. The molecule has 2 N–H and O–H groups in total. The Bertz CT molecular complexity index is 957. The van der Waals surface area contributed by atoms with Crippen molar-refractivity contribution in [1.82, 2.24) is 0 Å². The second-order valence-corrected chi connectivity index (χ2v) is 6.49. The first-order chi connectivity index (χ1) is 11.3. The van der Waals surface area contributed by atoms with Crippen LogP contribution >= 0.6 is 12.4 Å². The molecule has 3 rings (SSSR count). The highest BCUT2D eigenvalue weighted by atomic mass is 35.5. The van der Waals surface area contributed by atoms with Crippen LogP contribution in [0.5, 0.6) is 5.75 Å². The molecule has 3 aromatic rings. The molecule has 2 aromatic carbocycles. The maximum absolute atomic E-state index is 12.9. The molecule has 0 fully saturated rings. The molecule has 4 nitrogen and oxygen atoms in total. The zero-order valence-corrected chi connectivity index (χ0v) is 15.6. The fourth-order valence-electron chi connectivity index (χ4n) is 2.98. The van der Waals surface area contributed by atoms with Gasteiger partial charge in [0.15, 0.2) is 5.43 Å². The predicted octanol–water partition coefficient (Wildman–Crippen LogP) is 4.39. The Morgan fingerprint density at radius 1 is 1.08 bits per heavy atom. The number of hydrogen-bond acceptors (Lipinski definition) is 4. The Morgan fingerprint density at radius 2 is 1.72 bits per heavy atom. The molecule has 0 saturated heterocycles. The Balaban J connectivity index is 0.00000225. The van der Waals surface area contributed by atoms with Gasteiger partial charge in [-0.1, -0.05) is 30.3 Å². The molecular weight excluding hydrogens is 338 g/mol. The third-order valence-electron chi connectivity index (χ3n) is 4.15. The molecular formula is C20H22ClNO3. The van der Waals surface area contributed by atoms with Crippen molar-refractivity contribution < 1.29 is 9.15 Å². The molecule has 1 aromatic heterocycles. The lowest BCUT2D eigenvalue weighted by molar-refractivity contribution is 0.393. The van der Waals surface area contributed by atoms with E-state index in [2.05, 4.69) is 0 Å². The molecule has 0 bridgehead atoms. The molecule has 5 heteroatoms. The Labute approximate surface area is 153 Å². The van der Waals surface area contributed by atoms with E-state index >= 15 is 0 Å². The summed E-state index contributed by atoms with van der Waals surface area (Å²) in [5.41, 5.74) is 8.18. The molecule has 132 valence electrons. The van der Waals surface area contributed by atoms with E-state index in [1.54, 1.807) is 26.2 Å². The molecule has 0 atom stereocenters. The maximum atomic E-state index is 12.9. The van der Waals surface area contributed by atoms with Crippen molar-refractivity contribution in [3.63, 3.8) is 0 Å². The number of halogens is 1. The average molecular weight is 360 g/mol. The van der Waals surface area contributed by atoms with Crippen LogP contribution in [0.15, 0.2) is 51.7 Å². The molecule has 0 amide bonds. The summed E-state index contributed by atoms with van der Waals surface area (Å²) in [6.45, 7) is 5.52. The van der Waals surface area contributed by atoms with Gasteiger partial charge in [-0.15, -0.1) is 12.4 Å². The summed E-state index contributed by atoms with van der Waals surface area (Å²) in [6.07, 6.45) is 0. The fraction of sp³-hybridized carbons (Fsp3) is 0.250. The van der Waals surface area contributed by atoms with E-state index in [-0.39, 0.29) is 17.8 Å². The number of methoxy groups -OCH3 is 1. The van der Waals surface area contributed by atoms with Crippen LogP contribution in [0, 0.1) is 6.92 Å². The van der Waals surface area contributed by atoms with Crippen LogP contribution < -0.4 is 15.9 Å². The third-order valence-corrected chi connectivity index (χ3v) is 4.15. The number of ether oxygens (including phenoxy) is 1.